The van der Waals surface area contributed by atoms with Gasteiger partial charge in [-0.1, -0.05) is 48.5 Å². The van der Waals surface area contributed by atoms with Gasteiger partial charge in [0.15, 0.2) is 5.78 Å². The number of ketones is 1. The average molecular weight is 342 g/mol. The fourth-order valence-electron chi connectivity index (χ4n) is 2.05. The van der Waals surface area contributed by atoms with Crippen molar-refractivity contribution in [3.05, 3.63) is 71.3 Å². The molecule has 25 heavy (non-hydrogen) atoms. The number of hydrogen-bond acceptors (Lipinski definition) is 4. The molecular formula is C20H22O5. The van der Waals surface area contributed by atoms with Crippen LogP contribution in [0.15, 0.2) is 54.6 Å². The molecule has 0 heterocycles. The highest BCUT2D eigenvalue weighted by Crippen LogP contribution is 2.18. The van der Waals surface area contributed by atoms with Crippen molar-refractivity contribution in [3.63, 3.8) is 0 Å². The number of aliphatic carboxylic acids is 1. The van der Waals surface area contributed by atoms with Crippen molar-refractivity contribution in [3.8, 4) is 0 Å². The topological polar surface area (TPSA) is 80.7 Å². The molecule has 0 radical (unpaired) electrons. The largest absolute Gasteiger partial charge is 0.481 e. The van der Waals surface area contributed by atoms with Crippen molar-refractivity contribution in [2.45, 2.75) is 26.7 Å². The Hall–Kier alpha value is -2.95. The minimum atomic E-state index is -0.899. The number of carbonyl (C=O) groups is 3. The lowest BCUT2D eigenvalue weighted by Crippen LogP contribution is -2.09. The monoisotopic (exact) mass is 342 g/mol. The predicted molar refractivity (Wildman–Crippen MR) is 94.7 cm³/mol. The van der Waals surface area contributed by atoms with Crippen LogP contribution in [0.1, 0.15) is 48.2 Å². The number of ether oxygens (including phenoxy) is 1. The van der Waals surface area contributed by atoms with Crippen molar-refractivity contribution >= 4 is 17.7 Å². The predicted octanol–water partition coefficient (Wildman–Crippen LogP) is 3.68. The molecular weight excluding hydrogens is 320 g/mol. The summed E-state index contributed by atoms with van der Waals surface area (Å²) in [6.45, 7) is 5.26. The van der Waals surface area contributed by atoms with Gasteiger partial charge < -0.3 is 9.84 Å². The molecule has 132 valence electrons. The third kappa shape index (κ3) is 6.59. The van der Waals surface area contributed by atoms with Crippen molar-refractivity contribution in [1.82, 2.24) is 0 Å². The number of carboxylic acid groups (broad SMARTS) is 1. The maximum Gasteiger partial charge on any atom is 0.310 e. The van der Waals surface area contributed by atoms with Gasteiger partial charge >= 0.3 is 11.9 Å². The zero-order valence-electron chi connectivity index (χ0n) is 14.6. The van der Waals surface area contributed by atoms with Crippen LogP contribution in [-0.2, 0) is 14.3 Å². The molecule has 0 fully saturated rings. The molecule has 2 rings (SSSR count). The average Bonchev–Trinajstić information content (AvgIpc) is 2.61. The third-order valence-corrected chi connectivity index (χ3v) is 3.40. The van der Waals surface area contributed by atoms with Crippen molar-refractivity contribution in [1.29, 1.82) is 0 Å². The maximum atomic E-state index is 12.2. The van der Waals surface area contributed by atoms with Gasteiger partial charge in [0.1, 0.15) is 0 Å². The smallest absolute Gasteiger partial charge is 0.310 e. The normalized spacial score (nSPS) is 10.8. The SMILES string of the molecule is CC(C(=O)O)c1cccc(C(=O)c2ccccc2)c1.CCOC(C)=O. The fraction of sp³-hybridized carbons (Fsp3) is 0.250. The van der Waals surface area contributed by atoms with Crippen LogP contribution in [0.3, 0.4) is 0 Å². The van der Waals surface area contributed by atoms with E-state index in [4.69, 9.17) is 5.11 Å². The fourth-order valence-corrected chi connectivity index (χ4v) is 2.05. The summed E-state index contributed by atoms with van der Waals surface area (Å²) in [6, 6.07) is 15.7. The summed E-state index contributed by atoms with van der Waals surface area (Å²) in [4.78, 5) is 33.0. The second-order valence-electron chi connectivity index (χ2n) is 5.31. The minimum absolute atomic E-state index is 0.0972. The third-order valence-electron chi connectivity index (χ3n) is 3.40. The van der Waals surface area contributed by atoms with Gasteiger partial charge in [0.25, 0.3) is 0 Å². The molecule has 0 spiro atoms. The second-order valence-corrected chi connectivity index (χ2v) is 5.31. The Morgan fingerprint density at radius 3 is 2.08 bits per heavy atom. The molecule has 0 saturated heterocycles. The van der Waals surface area contributed by atoms with Crippen LogP contribution in [0.2, 0.25) is 0 Å². The molecule has 2 aromatic carbocycles. The molecule has 2 aromatic rings. The Kier molecular flexibility index (Phi) is 8.06. The van der Waals surface area contributed by atoms with Gasteiger partial charge in [-0.15, -0.1) is 0 Å². The second kappa shape index (κ2) is 10.0. The van der Waals surface area contributed by atoms with E-state index >= 15 is 0 Å². The van der Waals surface area contributed by atoms with E-state index in [1.54, 1.807) is 62.4 Å². The van der Waals surface area contributed by atoms with Crippen LogP contribution in [0.25, 0.3) is 0 Å². The summed E-state index contributed by atoms with van der Waals surface area (Å²) in [5.41, 5.74) is 1.74. The van der Waals surface area contributed by atoms with E-state index in [0.29, 0.717) is 23.3 Å². The highest BCUT2D eigenvalue weighted by molar-refractivity contribution is 6.09. The summed E-state index contributed by atoms with van der Waals surface area (Å²) < 4.78 is 4.40. The molecule has 5 heteroatoms. The first-order valence-corrected chi connectivity index (χ1v) is 7.92. The number of carboxylic acids is 1. The molecule has 0 amide bonds. The van der Waals surface area contributed by atoms with Gasteiger partial charge in [-0.05, 0) is 25.5 Å². The highest BCUT2D eigenvalue weighted by atomic mass is 16.5. The summed E-state index contributed by atoms with van der Waals surface area (Å²) >= 11 is 0. The lowest BCUT2D eigenvalue weighted by molar-refractivity contribution is -0.140. The molecule has 0 aliphatic carbocycles. The van der Waals surface area contributed by atoms with Crippen molar-refractivity contribution in [2.24, 2.45) is 0 Å². The van der Waals surface area contributed by atoms with Crippen LogP contribution in [0.4, 0.5) is 0 Å². The first-order valence-electron chi connectivity index (χ1n) is 7.92. The van der Waals surface area contributed by atoms with Crippen LogP contribution in [-0.4, -0.2) is 29.4 Å². The van der Waals surface area contributed by atoms with Gasteiger partial charge in [-0.2, -0.15) is 0 Å². The molecule has 5 nitrogen and oxygen atoms in total. The molecule has 1 N–H and O–H groups in total. The Bertz CT molecular complexity index is 722. The Morgan fingerprint density at radius 1 is 1.00 bits per heavy atom. The number of benzene rings is 2. The number of hydrogen-bond donors (Lipinski definition) is 1. The quantitative estimate of drug-likeness (QED) is 0.662. The Labute approximate surface area is 147 Å². The van der Waals surface area contributed by atoms with E-state index in [2.05, 4.69) is 4.74 Å². The molecule has 0 aliphatic heterocycles. The maximum absolute atomic E-state index is 12.2. The number of rotatable bonds is 5. The zero-order valence-corrected chi connectivity index (χ0v) is 14.6. The Morgan fingerprint density at radius 2 is 1.60 bits per heavy atom. The number of carbonyl (C=O) groups excluding carboxylic acids is 2. The van der Waals surface area contributed by atoms with E-state index in [-0.39, 0.29) is 11.8 Å². The van der Waals surface area contributed by atoms with E-state index < -0.39 is 11.9 Å². The first kappa shape index (κ1) is 20.1. The zero-order chi connectivity index (χ0) is 18.8. The van der Waals surface area contributed by atoms with Crippen LogP contribution in [0.5, 0.6) is 0 Å². The molecule has 0 aliphatic rings. The molecule has 1 atom stereocenters. The van der Waals surface area contributed by atoms with E-state index in [1.165, 1.54) is 6.92 Å². The van der Waals surface area contributed by atoms with Gasteiger partial charge in [0.2, 0.25) is 0 Å². The molecule has 1 unspecified atom stereocenters. The summed E-state index contributed by atoms with van der Waals surface area (Å²) in [7, 11) is 0. The minimum Gasteiger partial charge on any atom is -0.481 e. The highest BCUT2D eigenvalue weighted by Gasteiger charge is 2.16. The van der Waals surface area contributed by atoms with Gasteiger partial charge in [0.05, 0.1) is 12.5 Å². The summed E-state index contributed by atoms with van der Waals surface area (Å²) in [5, 5.41) is 9.00. The Balaban J connectivity index is 0.000000450. The lowest BCUT2D eigenvalue weighted by Gasteiger charge is -2.08. The standard InChI is InChI=1S/C16H14O3.C4H8O2/c1-11(16(18)19)13-8-5-9-14(10-13)15(17)12-6-3-2-4-7-12;1-3-6-4(2)5/h2-11H,1H3,(H,18,19);3H2,1-2H3. The van der Waals surface area contributed by atoms with Crippen LogP contribution >= 0.6 is 0 Å². The van der Waals surface area contributed by atoms with Gasteiger partial charge in [-0.3, -0.25) is 14.4 Å². The van der Waals surface area contributed by atoms with Crippen LogP contribution < -0.4 is 0 Å². The number of esters is 1. The molecule has 0 aromatic heterocycles. The summed E-state index contributed by atoms with van der Waals surface area (Å²) in [5.74, 6) is -1.83. The van der Waals surface area contributed by atoms with Gasteiger partial charge in [0, 0.05) is 18.1 Å². The summed E-state index contributed by atoms with van der Waals surface area (Å²) in [6.07, 6.45) is 0. The van der Waals surface area contributed by atoms with E-state index in [1.807, 2.05) is 6.07 Å². The van der Waals surface area contributed by atoms with E-state index in [0.717, 1.165) is 0 Å². The molecule has 0 saturated carbocycles. The first-order chi connectivity index (χ1) is 11.9. The van der Waals surface area contributed by atoms with E-state index in [9.17, 15) is 14.4 Å². The molecule has 0 bridgehead atoms. The lowest BCUT2D eigenvalue weighted by atomic mass is 9.96. The van der Waals surface area contributed by atoms with Crippen molar-refractivity contribution in [2.75, 3.05) is 6.61 Å². The van der Waals surface area contributed by atoms with Crippen molar-refractivity contribution < 1.29 is 24.2 Å². The van der Waals surface area contributed by atoms with Gasteiger partial charge in [-0.25, -0.2) is 0 Å². The van der Waals surface area contributed by atoms with Crippen LogP contribution in [0, 0.1) is 0 Å².